The van der Waals surface area contributed by atoms with Gasteiger partial charge < -0.3 is 10.2 Å². The molecule has 27 heavy (non-hydrogen) atoms. The summed E-state index contributed by atoms with van der Waals surface area (Å²) in [6.45, 7) is 4.42. The molecule has 0 aliphatic carbocycles. The molecule has 2 aromatic heterocycles. The number of hydrogen-bond acceptors (Lipinski definition) is 7. The number of carbonyl (C=O) groups is 1. The molecular weight excluding hydrogens is 360 g/mol. The number of thiazole rings is 1. The summed E-state index contributed by atoms with van der Waals surface area (Å²) in [5.41, 5.74) is 3.87. The predicted molar refractivity (Wildman–Crippen MR) is 107 cm³/mol. The number of rotatable bonds is 6. The Morgan fingerprint density at radius 2 is 1.93 bits per heavy atom. The largest absolute Gasteiger partial charge is 0.355 e. The Hall–Kier alpha value is -2.58. The SMILES string of the molecule is O=C(CN1CCN(c2ncc3ncsc3n2)CC1)NCCc1ccccc1. The number of piperazine rings is 1. The molecule has 0 unspecified atom stereocenters. The van der Waals surface area contributed by atoms with E-state index in [0.29, 0.717) is 13.1 Å². The summed E-state index contributed by atoms with van der Waals surface area (Å²) in [5, 5.41) is 3.01. The van der Waals surface area contributed by atoms with Crippen LogP contribution in [0.15, 0.2) is 42.0 Å². The van der Waals surface area contributed by atoms with Gasteiger partial charge in [0.25, 0.3) is 0 Å². The van der Waals surface area contributed by atoms with Crippen LogP contribution in [0.1, 0.15) is 5.56 Å². The molecule has 1 fully saturated rings. The fourth-order valence-electron chi connectivity index (χ4n) is 3.17. The lowest BCUT2D eigenvalue weighted by Crippen LogP contribution is -2.50. The molecule has 0 saturated carbocycles. The van der Waals surface area contributed by atoms with Gasteiger partial charge in [0.05, 0.1) is 18.3 Å². The molecule has 1 aliphatic rings. The maximum absolute atomic E-state index is 12.2. The lowest BCUT2D eigenvalue weighted by atomic mass is 10.1. The molecule has 4 rings (SSSR count). The van der Waals surface area contributed by atoms with Gasteiger partial charge in [0.2, 0.25) is 11.9 Å². The van der Waals surface area contributed by atoms with Crippen LogP contribution in [-0.2, 0) is 11.2 Å². The summed E-state index contributed by atoms with van der Waals surface area (Å²) in [5.74, 6) is 0.834. The van der Waals surface area contributed by atoms with Crippen LogP contribution in [0.3, 0.4) is 0 Å². The highest BCUT2D eigenvalue weighted by Crippen LogP contribution is 2.18. The molecule has 7 nitrogen and oxygen atoms in total. The third-order valence-corrected chi connectivity index (χ3v) is 5.41. The van der Waals surface area contributed by atoms with Crippen LogP contribution in [0, 0.1) is 0 Å². The Kier molecular flexibility index (Phi) is 5.55. The van der Waals surface area contributed by atoms with E-state index in [1.165, 1.54) is 16.9 Å². The number of nitrogens with zero attached hydrogens (tertiary/aromatic N) is 5. The minimum Gasteiger partial charge on any atom is -0.355 e. The van der Waals surface area contributed by atoms with Crippen LogP contribution in [-0.4, -0.2) is 65.0 Å². The Morgan fingerprint density at radius 1 is 1.11 bits per heavy atom. The van der Waals surface area contributed by atoms with E-state index in [2.05, 4.69) is 42.2 Å². The molecule has 0 spiro atoms. The molecule has 1 amide bonds. The van der Waals surface area contributed by atoms with E-state index in [-0.39, 0.29) is 5.91 Å². The van der Waals surface area contributed by atoms with Gasteiger partial charge in [0, 0.05) is 32.7 Å². The average molecular weight is 382 g/mol. The van der Waals surface area contributed by atoms with Gasteiger partial charge in [-0.25, -0.2) is 15.0 Å². The van der Waals surface area contributed by atoms with Gasteiger partial charge in [-0.1, -0.05) is 30.3 Å². The monoisotopic (exact) mass is 382 g/mol. The average Bonchev–Trinajstić information content (AvgIpc) is 3.17. The van der Waals surface area contributed by atoms with Crippen molar-refractivity contribution in [2.75, 3.05) is 44.2 Å². The zero-order chi connectivity index (χ0) is 18.5. The van der Waals surface area contributed by atoms with E-state index in [1.807, 2.05) is 18.2 Å². The molecular formula is C19H22N6OS. The van der Waals surface area contributed by atoms with Crippen molar-refractivity contribution in [3.8, 4) is 0 Å². The molecule has 0 atom stereocenters. The van der Waals surface area contributed by atoms with Gasteiger partial charge in [-0.2, -0.15) is 0 Å². The number of hydrogen-bond donors (Lipinski definition) is 1. The molecule has 1 aliphatic heterocycles. The highest BCUT2D eigenvalue weighted by atomic mass is 32.1. The van der Waals surface area contributed by atoms with Gasteiger partial charge in [-0.15, -0.1) is 11.3 Å². The first-order chi connectivity index (χ1) is 13.3. The molecule has 3 heterocycles. The normalized spacial score (nSPS) is 15.2. The fourth-order valence-corrected chi connectivity index (χ4v) is 3.79. The highest BCUT2D eigenvalue weighted by Gasteiger charge is 2.21. The molecule has 140 valence electrons. The van der Waals surface area contributed by atoms with Crippen molar-refractivity contribution in [1.82, 2.24) is 25.2 Å². The summed E-state index contributed by atoms with van der Waals surface area (Å²) in [7, 11) is 0. The fraction of sp³-hybridized carbons (Fsp3) is 0.368. The van der Waals surface area contributed by atoms with Crippen LogP contribution >= 0.6 is 11.3 Å². The minimum absolute atomic E-state index is 0.0849. The highest BCUT2D eigenvalue weighted by molar-refractivity contribution is 7.16. The van der Waals surface area contributed by atoms with Crippen molar-refractivity contribution in [3.05, 3.63) is 47.6 Å². The molecule has 8 heteroatoms. The second-order valence-electron chi connectivity index (χ2n) is 6.56. The summed E-state index contributed by atoms with van der Waals surface area (Å²) in [6.07, 6.45) is 2.64. The lowest BCUT2D eigenvalue weighted by Gasteiger charge is -2.34. The van der Waals surface area contributed by atoms with E-state index in [9.17, 15) is 4.79 Å². The van der Waals surface area contributed by atoms with Gasteiger partial charge in [-0.05, 0) is 12.0 Å². The Bertz CT molecular complexity index is 891. The van der Waals surface area contributed by atoms with Gasteiger partial charge >= 0.3 is 0 Å². The number of nitrogens with one attached hydrogen (secondary N) is 1. The summed E-state index contributed by atoms with van der Waals surface area (Å²) in [4.78, 5) is 30.7. The quantitative estimate of drug-likeness (QED) is 0.698. The Morgan fingerprint density at radius 3 is 2.74 bits per heavy atom. The van der Waals surface area contributed by atoms with Crippen LogP contribution in [0.5, 0.6) is 0 Å². The Balaban J connectivity index is 1.21. The van der Waals surface area contributed by atoms with Crippen molar-refractivity contribution in [2.45, 2.75) is 6.42 Å². The number of fused-ring (bicyclic) bond motifs is 1. The van der Waals surface area contributed by atoms with E-state index in [1.54, 1.807) is 11.7 Å². The molecule has 0 bridgehead atoms. The van der Waals surface area contributed by atoms with E-state index in [0.717, 1.165) is 48.9 Å². The molecule has 0 radical (unpaired) electrons. The summed E-state index contributed by atoms with van der Waals surface area (Å²) < 4.78 is 0. The van der Waals surface area contributed by atoms with Crippen LogP contribution in [0.25, 0.3) is 10.3 Å². The zero-order valence-electron chi connectivity index (χ0n) is 15.0. The number of benzene rings is 1. The number of anilines is 1. The van der Waals surface area contributed by atoms with Crippen molar-refractivity contribution < 1.29 is 4.79 Å². The van der Waals surface area contributed by atoms with Gasteiger partial charge in [0.1, 0.15) is 10.3 Å². The van der Waals surface area contributed by atoms with Crippen molar-refractivity contribution >= 4 is 33.5 Å². The number of aromatic nitrogens is 3. The van der Waals surface area contributed by atoms with E-state index < -0.39 is 0 Å². The van der Waals surface area contributed by atoms with Crippen molar-refractivity contribution in [3.63, 3.8) is 0 Å². The van der Waals surface area contributed by atoms with Crippen LogP contribution < -0.4 is 10.2 Å². The molecule has 1 N–H and O–H groups in total. The first kappa shape index (κ1) is 17.8. The van der Waals surface area contributed by atoms with Crippen molar-refractivity contribution in [2.24, 2.45) is 0 Å². The second-order valence-corrected chi connectivity index (χ2v) is 7.39. The molecule has 3 aromatic rings. The topological polar surface area (TPSA) is 74.2 Å². The minimum atomic E-state index is 0.0849. The van der Waals surface area contributed by atoms with Crippen LogP contribution in [0.2, 0.25) is 0 Å². The molecule has 1 saturated heterocycles. The summed E-state index contributed by atoms with van der Waals surface area (Å²) >= 11 is 1.53. The third kappa shape index (κ3) is 4.58. The lowest BCUT2D eigenvalue weighted by molar-refractivity contribution is -0.122. The van der Waals surface area contributed by atoms with Gasteiger partial charge in [-0.3, -0.25) is 9.69 Å². The second kappa shape index (κ2) is 8.41. The zero-order valence-corrected chi connectivity index (χ0v) is 15.9. The number of amides is 1. The maximum atomic E-state index is 12.2. The Labute approximate surface area is 162 Å². The standard InChI is InChI=1S/C19H22N6OS/c26-17(20-7-6-15-4-2-1-3-5-15)13-24-8-10-25(11-9-24)19-21-12-16-18(23-19)27-14-22-16/h1-5,12,14H,6-11,13H2,(H,20,26). The van der Waals surface area contributed by atoms with Gasteiger partial charge in [0.15, 0.2) is 0 Å². The smallest absolute Gasteiger partial charge is 0.234 e. The molecule has 1 aromatic carbocycles. The number of carbonyl (C=O) groups excluding carboxylic acids is 1. The first-order valence-electron chi connectivity index (χ1n) is 9.12. The first-order valence-corrected chi connectivity index (χ1v) is 10.00. The maximum Gasteiger partial charge on any atom is 0.234 e. The van der Waals surface area contributed by atoms with E-state index >= 15 is 0 Å². The van der Waals surface area contributed by atoms with E-state index in [4.69, 9.17) is 0 Å². The van der Waals surface area contributed by atoms with Crippen LogP contribution in [0.4, 0.5) is 5.95 Å². The summed E-state index contributed by atoms with van der Waals surface area (Å²) in [6, 6.07) is 10.2. The van der Waals surface area contributed by atoms with Crippen molar-refractivity contribution in [1.29, 1.82) is 0 Å². The third-order valence-electron chi connectivity index (χ3n) is 4.68. The predicted octanol–water partition coefficient (Wildman–Crippen LogP) is 1.57.